The minimum atomic E-state index is -0.659. The fourth-order valence-electron chi connectivity index (χ4n) is 5.22. The van der Waals surface area contributed by atoms with Gasteiger partial charge in [0.2, 0.25) is 0 Å². The van der Waals surface area contributed by atoms with Gasteiger partial charge in [0.1, 0.15) is 7.85 Å². The van der Waals surface area contributed by atoms with E-state index in [1.54, 1.807) is 5.20 Å². The summed E-state index contributed by atoms with van der Waals surface area (Å²) in [5.41, 5.74) is 5.43. The van der Waals surface area contributed by atoms with Crippen LogP contribution in [0.25, 0.3) is 0 Å². The van der Waals surface area contributed by atoms with E-state index < -0.39 is 9.52 Å². The largest absolute Gasteiger partial charge is 0.326 e. The van der Waals surface area contributed by atoms with Crippen molar-refractivity contribution in [1.29, 1.82) is 0 Å². The van der Waals surface area contributed by atoms with Crippen LogP contribution in [-0.2, 0) is 5.16 Å². The molecule has 1 aromatic heterocycles. The molecule has 39 heavy (non-hydrogen) atoms. The number of benzene rings is 4. The van der Waals surface area contributed by atoms with E-state index in [0.717, 1.165) is 6.42 Å². The lowest BCUT2D eigenvalue weighted by Crippen LogP contribution is -2.42. The molecule has 4 heteroatoms. The fourth-order valence-corrected chi connectivity index (χ4v) is 7.62. The molecule has 5 rings (SSSR count). The summed E-state index contributed by atoms with van der Waals surface area (Å²) in [6.07, 6.45) is 10.8. The van der Waals surface area contributed by atoms with Crippen LogP contribution >= 0.6 is 0 Å². The minimum Gasteiger partial charge on any atom is -0.326 e. The second-order valence-electron chi connectivity index (χ2n) is 10.1. The Morgan fingerprint density at radius 2 is 1.26 bits per heavy atom. The molecule has 0 aliphatic carbocycles. The maximum absolute atomic E-state index is 4.37. The molecule has 0 spiro atoms. The van der Waals surface area contributed by atoms with Gasteiger partial charge >= 0.3 is 0 Å². The monoisotopic (exact) mass is 526 g/mol. The number of allylic oxidation sites excluding steroid dienone is 2. The third-order valence-corrected chi connectivity index (χ3v) is 9.90. The molecule has 0 amide bonds. The van der Waals surface area contributed by atoms with E-state index in [1.165, 1.54) is 28.7 Å². The first-order chi connectivity index (χ1) is 19.1. The summed E-state index contributed by atoms with van der Waals surface area (Å²) in [4.78, 5) is 4.37. The van der Waals surface area contributed by atoms with Crippen molar-refractivity contribution in [2.45, 2.75) is 37.7 Å². The van der Waals surface area contributed by atoms with Crippen LogP contribution in [0.15, 0.2) is 151 Å². The van der Waals surface area contributed by atoms with Gasteiger partial charge in [0, 0.05) is 12.4 Å². The molecule has 0 radical (unpaired) electrons. The van der Waals surface area contributed by atoms with E-state index >= 15 is 0 Å². The number of nitrogens with zero attached hydrogens (tertiary/aromatic N) is 2. The predicted octanol–water partition coefficient (Wildman–Crippen LogP) is 6.91. The summed E-state index contributed by atoms with van der Waals surface area (Å²) in [6, 6.07) is 43.0. The number of unbranched alkanes of at least 4 members (excludes halogenated alkanes) is 1. The lowest BCUT2D eigenvalue weighted by atomic mass is 9.76. The van der Waals surface area contributed by atoms with Crippen LogP contribution in [0.2, 0.25) is 0 Å². The molecule has 0 saturated carbocycles. The Labute approximate surface area is 237 Å². The van der Waals surface area contributed by atoms with Gasteiger partial charge in [-0.2, -0.15) is 0 Å². The Bertz CT molecular complexity index is 1310. The third-order valence-electron chi connectivity index (χ3n) is 7.36. The fraction of sp³-hybridized carbons (Fsp3) is 0.171. The maximum atomic E-state index is 4.37. The SMILES string of the molecule is BC(c1ccccc1)c1ccccc1.CCCC=C(C)[SiH2]C(c1ccccc1)(c1ccccc1)n1ccnc1. The second-order valence-corrected chi connectivity index (χ2v) is 12.6. The van der Waals surface area contributed by atoms with Gasteiger partial charge < -0.3 is 4.57 Å². The molecule has 2 nitrogen and oxygen atoms in total. The summed E-state index contributed by atoms with van der Waals surface area (Å²) in [7, 11) is 1.58. The zero-order valence-corrected chi connectivity index (χ0v) is 24.9. The first-order valence-corrected chi connectivity index (χ1v) is 15.4. The number of aromatic nitrogens is 2. The zero-order chi connectivity index (χ0) is 27.3. The van der Waals surface area contributed by atoms with Gasteiger partial charge in [-0.05, 0) is 41.4 Å². The number of rotatable bonds is 9. The molecule has 0 atom stereocenters. The van der Waals surface area contributed by atoms with Crippen molar-refractivity contribution in [3.63, 3.8) is 0 Å². The van der Waals surface area contributed by atoms with Crippen molar-refractivity contribution in [3.05, 3.63) is 174 Å². The number of hydrogen-bond donors (Lipinski definition) is 0. The molecule has 0 aliphatic heterocycles. The van der Waals surface area contributed by atoms with Gasteiger partial charge in [0.05, 0.1) is 21.0 Å². The molecule has 0 aliphatic rings. The van der Waals surface area contributed by atoms with E-state index in [-0.39, 0.29) is 5.16 Å². The van der Waals surface area contributed by atoms with E-state index in [4.69, 9.17) is 0 Å². The lowest BCUT2D eigenvalue weighted by Gasteiger charge is -2.37. The Morgan fingerprint density at radius 3 is 1.67 bits per heavy atom. The Hall–Kier alpha value is -3.89. The van der Waals surface area contributed by atoms with Crippen molar-refractivity contribution < 1.29 is 0 Å². The van der Waals surface area contributed by atoms with Gasteiger partial charge in [-0.25, -0.2) is 4.98 Å². The van der Waals surface area contributed by atoms with Crippen molar-refractivity contribution in [3.8, 4) is 0 Å². The molecule has 0 saturated heterocycles. The van der Waals surface area contributed by atoms with Crippen molar-refractivity contribution in [2.24, 2.45) is 0 Å². The van der Waals surface area contributed by atoms with Crippen molar-refractivity contribution >= 4 is 17.4 Å². The highest BCUT2D eigenvalue weighted by molar-refractivity contribution is 6.50. The van der Waals surface area contributed by atoms with Crippen LogP contribution in [0.1, 0.15) is 54.8 Å². The quantitative estimate of drug-likeness (QED) is 0.191. The molecule has 0 unspecified atom stereocenters. The Morgan fingerprint density at radius 1 is 0.795 bits per heavy atom. The highest BCUT2D eigenvalue weighted by Gasteiger charge is 2.36. The molecule has 4 aromatic carbocycles. The average Bonchev–Trinajstić information content (AvgIpc) is 3.56. The average molecular weight is 527 g/mol. The second kappa shape index (κ2) is 14.3. The smallest absolute Gasteiger partial charge is 0.116 e. The number of hydrogen-bond acceptors (Lipinski definition) is 1. The molecule has 196 valence electrons. The van der Waals surface area contributed by atoms with Crippen LogP contribution in [0.4, 0.5) is 0 Å². The van der Waals surface area contributed by atoms with Crippen LogP contribution in [0, 0.1) is 0 Å². The summed E-state index contributed by atoms with van der Waals surface area (Å²) in [5, 5.41) is 1.40. The normalized spacial score (nSPS) is 11.9. The zero-order valence-electron chi connectivity index (χ0n) is 23.4. The lowest BCUT2D eigenvalue weighted by molar-refractivity contribution is 0.594. The third kappa shape index (κ3) is 7.16. The Balaban J connectivity index is 0.000000212. The standard InChI is InChI=1S/C22H26N2Si.C13H13B/c1-3-4-11-19(2)25-22(24-17-16-23-18-24,20-12-7-5-8-13-20)21-14-9-6-10-15-21;14-13(11-7-3-1-4-8-11)12-9-5-2-6-10-12/h5-18H,3-4,25H2,1-2H3;1-10,13H,14H2. The summed E-state index contributed by atoms with van der Waals surface area (Å²) in [5.74, 6) is 0.484. The molecule has 0 bridgehead atoms. The molecule has 0 fully saturated rings. The molecule has 5 aromatic rings. The number of imidazole rings is 1. The van der Waals surface area contributed by atoms with Gasteiger partial charge in [0.25, 0.3) is 0 Å². The first kappa shape index (κ1) is 28.1. The molecular weight excluding hydrogens is 487 g/mol. The van der Waals surface area contributed by atoms with Gasteiger partial charge in [-0.1, -0.05) is 146 Å². The predicted molar refractivity (Wildman–Crippen MR) is 172 cm³/mol. The van der Waals surface area contributed by atoms with Crippen LogP contribution in [0.5, 0.6) is 0 Å². The van der Waals surface area contributed by atoms with Gasteiger partial charge in [-0.3, -0.25) is 0 Å². The van der Waals surface area contributed by atoms with Crippen LogP contribution in [-0.4, -0.2) is 26.9 Å². The molecule has 0 N–H and O–H groups in total. The first-order valence-electron chi connectivity index (χ1n) is 14.0. The maximum Gasteiger partial charge on any atom is 0.116 e. The van der Waals surface area contributed by atoms with E-state index in [9.17, 15) is 0 Å². The highest BCUT2D eigenvalue weighted by atomic mass is 28.2. The summed E-state index contributed by atoms with van der Waals surface area (Å²) in [6.45, 7) is 4.54. The minimum absolute atomic E-state index is 0.145. The summed E-state index contributed by atoms with van der Waals surface area (Å²) < 4.78 is 2.31. The highest BCUT2D eigenvalue weighted by Crippen LogP contribution is 2.34. The van der Waals surface area contributed by atoms with Crippen LogP contribution in [0.3, 0.4) is 0 Å². The topological polar surface area (TPSA) is 17.8 Å². The van der Waals surface area contributed by atoms with Gasteiger partial charge in [-0.15, -0.1) is 0 Å². The Kier molecular flexibility index (Phi) is 10.3. The molecular formula is C35H39BN2Si. The van der Waals surface area contributed by atoms with E-state index in [2.05, 4.69) is 165 Å². The van der Waals surface area contributed by atoms with Crippen molar-refractivity contribution in [2.75, 3.05) is 0 Å². The van der Waals surface area contributed by atoms with E-state index in [0.29, 0.717) is 5.82 Å². The van der Waals surface area contributed by atoms with Crippen LogP contribution < -0.4 is 0 Å². The molecule has 1 heterocycles. The van der Waals surface area contributed by atoms with E-state index in [1.807, 2.05) is 12.5 Å². The summed E-state index contributed by atoms with van der Waals surface area (Å²) >= 11 is 0. The van der Waals surface area contributed by atoms with Gasteiger partial charge in [0.15, 0.2) is 0 Å². The van der Waals surface area contributed by atoms with Crippen molar-refractivity contribution in [1.82, 2.24) is 9.55 Å².